The summed E-state index contributed by atoms with van der Waals surface area (Å²) >= 11 is 0. The van der Waals surface area contributed by atoms with E-state index in [2.05, 4.69) is 10.6 Å². The molecule has 2 N–H and O–H groups in total. The number of amides is 1. The van der Waals surface area contributed by atoms with Gasteiger partial charge in [0.1, 0.15) is 0 Å². The second-order valence-electron chi connectivity index (χ2n) is 4.53. The van der Waals surface area contributed by atoms with Crippen LogP contribution in [0.5, 0.6) is 0 Å². The van der Waals surface area contributed by atoms with Gasteiger partial charge in [-0.25, -0.2) is 0 Å². The molecule has 1 fully saturated rings. The molecule has 0 saturated heterocycles. The highest BCUT2D eigenvalue weighted by Crippen LogP contribution is 2.28. The summed E-state index contributed by atoms with van der Waals surface area (Å²) in [7, 11) is 0. The molecule has 1 rings (SSSR count). The molecule has 0 unspecified atom stereocenters. The first kappa shape index (κ1) is 12.5. The van der Waals surface area contributed by atoms with Crippen LogP contribution < -0.4 is 10.6 Å². The minimum atomic E-state index is 0.0581. The summed E-state index contributed by atoms with van der Waals surface area (Å²) in [6, 6.07) is 0. The first-order valence-corrected chi connectivity index (χ1v) is 6.24. The number of hydrogen-bond donors (Lipinski definition) is 2. The second kappa shape index (κ2) is 7.69. The van der Waals surface area contributed by atoms with E-state index < -0.39 is 0 Å². The Hall–Kier alpha value is -0.570. The average molecular weight is 212 g/mol. The Morgan fingerprint density at radius 3 is 2.60 bits per heavy atom. The van der Waals surface area contributed by atoms with Gasteiger partial charge < -0.3 is 10.6 Å². The molecule has 0 heterocycles. The highest BCUT2D eigenvalue weighted by atomic mass is 16.1. The van der Waals surface area contributed by atoms with E-state index >= 15 is 0 Å². The molecule has 3 heteroatoms. The lowest BCUT2D eigenvalue weighted by molar-refractivity contribution is -0.118. The Bertz CT molecular complexity index is 176. The van der Waals surface area contributed by atoms with E-state index in [1.165, 1.54) is 38.5 Å². The Balaban J connectivity index is 1.78. The van der Waals surface area contributed by atoms with Crippen molar-refractivity contribution in [1.29, 1.82) is 0 Å². The summed E-state index contributed by atoms with van der Waals surface area (Å²) in [4.78, 5) is 10.6. The molecule has 0 spiro atoms. The molecular weight excluding hydrogens is 188 g/mol. The van der Waals surface area contributed by atoms with Crippen LogP contribution in [0.3, 0.4) is 0 Å². The van der Waals surface area contributed by atoms with E-state index in [9.17, 15) is 4.79 Å². The SMILES string of the molecule is CC(=O)NCCNCCCC1CCCC1. The van der Waals surface area contributed by atoms with Gasteiger partial charge in [0.15, 0.2) is 0 Å². The van der Waals surface area contributed by atoms with Gasteiger partial charge in [-0.1, -0.05) is 25.7 Å². The van der Waals surface area contributed by atoms with Crippen molar-refractivity contribution in [3.05, 3.63) is 0 Å². The van der Waals surface area contributed by atoms with Crippen LogP contribution in [0.25, 0.3) is 0 Å². The van der Waals surface area contributed by atoms with E-state index in [1.807, 2.05) is 0 Å². The van der Waals surface area contributed by atoms with Gasteiger partial charge in [-0.15, -0.1) is 0 Å². The van der Waals surface area contributed by atoms with Crippen LogP contribution in [-0.2, 0) is 4.79 Å². The number of hydrogen-bond acceptors (Lipinski definition) is 2. The Morgan fingerprint density at radius 1 is 1.20 bits per heavy atom. The van der Waals surface area contributed by atoms with Crippen LogP contribution in [0.15, 0.2) is 0 Å². The van der Waals surface area contributed by atoms with Crippen molar-refractivity contribution in [3.8, 4) is 0 Å². The smallest absolute Gasteiger partial charge is 0.216 e. The minimum Gasteiger partial charge on any atom is -0.355 e. The van der Waals surface area contributed by atoms with Gasteiger partial charge in [0.05, 0.1) is 0 Å². The molecule has 0 atom stereocenters. The zero-order valence-corrected chi connectivity index (χ0v) is 9.85. The highest BCUT2D eigenvalue weighted by molar-refractivity contribution is 5.72. The van der Waals surface area contributed by atoms with Gasteiger partial charge in [0.2, 0.25) is 5.91 Å². The lowest BCUT2D eigenvalue weighted by atomic mass is 10.0. The Morgan fingerprint density at radius 2 is 1.93 bits per heavy atom. The number of carbonyl (C=O) groups excluding carboxylic acids is 1. The molecule has 1 aliphatic rings. The molecule has 0 bridgehead atoms. The molecule has 1 aliphatic carbocycles. The largest absolute Gasteiger partial charge is 0.355 e. The topological polar surface area (TPSA) is 41.1 Å². The molecule has 3 nitrogen and oxygen atoms in total. The maximum atomic E-state index is 10.6. The summed E-state index contributed by atoms with van der Waals surface area (Å²) in [5, 5.41) is 6.13. The number of nitrogens with one attached hydrogen (secondary N) is 2. The number of rotatable bonds is 7. The second-order valence-corrected chi connectivity index (χ2v) is 4.53. The van der Waals surface area contributed by atoms with Gasteiger partial charge in [-0.05, 0) is 25.3 Å². The van der Waals surface area contributed by atoms with Crippen molar-refractivity contribution < 1.29 is 4.79 Å². The summed E-state index contributed by atoms with van der Waals surface area (Å²) in [6.07, 6.45) is 8.46. The molecule has 0 aromatic carbocycles. The van der Waals surface area contributed by atoms with E-state index in [0.717, 1.165) is 25.6 Å². The maximum absolute atomic E-state index is 10.6. The average Bonchev–Trinajstić information content (AvgIpc) is 2.68. The zero-order chi connectivity index (χ0) is 10.9. The molecule has 0 aliphatic heterocycles. The van der Waals surface area contributed by atoms with Crippen LogP contribution in [0.4, 0.5) is 0 Å². The van der Waals surface area contributed by atoms with Crippen LogP contribution >= 0.6 is 0 Å². The predicted octanol–water partition coefficient (Wildman–Crippen LogP) is 1.68. The fourth-order valence-corrected chi connectivity index (χ4v) is 2.27. The van der Waals surface area contributed by atoms with Crippen molar-refractivity contribution in [1.82, 2.24) is 10.6 Å². The van der Waals surface area contributed by atoms with Crippen molar-refractivity contribution >= 4 is 5.91 Å². The fraction of sp³-hybridized carbons (Fsp3) is 0.917. The zero-order valence-electron chi connectivity index (χ0n) is 9.85. The van der Waals surface area contributed by atoms with Crippen LogP contribution in [0.2, 0.25) is 0 Å². The van der Waals surface area contributed by atoms with Gasteiger partial charge in [0, 0.05) is 20.0 Å². The third-order valence-electron chi connectivity index (χ3n) is 3.12. The monoisotopic (exact) mass is 212 g/mol. The van der Waals surface area contributed by atoms with Crippen molar-refractivity contribution in [2.45, 2.75) is 45.4 Å². The lowest BCUT2D eigenvalue weighted by Crippen LogP contribution is -2.30. The van der Waals surface area contributed by atoms with Gasteiger partial charge in [-0.3, -0.25) is 4.79 Å². The highest BCUT2D eigenvalue weighted by Gasteiger charge is 2.13. The standard InChI is InChI=1S/C12H24N2O/c1-11(15)14-10-9-13-8-4-7-12-5-2-3-6-12/h12-13H,2-10H2,1H3,(H,14,15). The summed E-state index contributed by atoms with van der Waals surface area (Å²) in [6.45, 7) is 4.29. The van der Waals surface area contributed by atoms with Crippen LogP contribution in [-0.4, -0.2) is 25.5 Å². The van der Waals surface area contributed by atoms with E-state index in [4.69, 9.17) is 0 Å². The summed E-state index contributed by atoms with van der Waals surface area (Å²) in [5.41, 5.74) is 0. The molecule has 0 aromatic rings. The third-order valence-corrected chi connectivity index (χ3v) is 3.12. The van der Waals surface area contributed by atoms with E-state index in [1.54, 1.807) is 6.92 Å². The molecule has 1 saturated carbocycles. The van der Waals surface area contributed by atoms with Gasteiger partial charge >= 0.3 is 0 Å². The van der Waals surface area contributed by atoms with E-state index in [0.29, 0.717) is 0 Å². The normalized spacial score (nSPS) is 16.9. The van der Waals surface area contributed by atoms with Gasteiger partial charge in [-0.2, -0.15) is 0 Å². The number of carbonyl (C=O) groups is 1. The molecule has 15 heavy (non-hydrogen) atoms. The van der Waals surface area contributed by atoms with Crippen LogP contribution in [0.1, 0.15) is 45.4 Å². The van der Waals surface area contributed by atoms with Crippen molar-refractivity contribution in [2.24, 2.45) is 5.92 Å². The maximum Gasteiger partial charge on any atom is 0.216 e. The Labute approximate surface area is 93.0 Å². The first-order chi connectivity index (χ1) is 7.29. The lowest BCUT2D eigenvalue weighted by Gasteiger charge is -2.09. The van der Waals surface area contributed by atoms with Crippen LogP contribution in [0, 0.1) is 5.92 Å². The molecule has 88 valence electrons. The third kappa shape index (κ3) is 6.50. The predicted molar refractivity (Wildman–Crippen MR) is 62.7 cm³/mol. The quantitative estimate of drug-likeness (QED) is 0.630. The van der Waals surface area contributed by atoms with Crippen molar-refractivity contribution in [2.75, 3.05) is 19.6 Å². The molecule has 0 radical (unpaired) electrons. The first-order valence-electron chi connectivity index (χ1n) is 6.24. The molecule has 1 amide bonds. The minimum absolute atomic E-state index is 0.0581. The van der Waals surface area contributed by atoms with E-state index in [-0.39, 0.29) is 5.91 Å². The van der Waals surface area contributed by atoms with Gasteiger partial charge in [0.25, 0.3) is 0 Å². The summed E-state index contributed by atoms with van der Waals surface area (Å²) < 4.78 is 0. The fourth-order valence-electron chi connectivity index (χ4n) is 2.27. The Kier molecular flexibility index (Phi) is 6.41. The summed E-state index contributed by atoms with van der Waals surface area (Å²) in [5.74, 6) is 1.06. The molecule has 0 aromatic heterocycles. The van der Waals surface area contributed by atoms with Crippen molar-refractivity contribution in [3.63, 3.8) is 0 Å². The molecular formula is C12H24N2O.